The van der Waals surface area contributed by atoms with Crippen molar-refractivity contribution < 1.29 is 28.6 Å². The van der Waals surface area contributed by atoms with Crippen molar-refractivity contribution in [2.45, 2.75) is 71.1 Å². The van der Waals surface area contributed by atoms with Crippen LogP contribution < -0.4 is 0 Å². The molecule has 3 amide bonds. The van der Waals surface area contributed by atoms with Crippen LogP contribution in [0.1, 0.15) is 46.6 Å². The first-order chi connectivity index (χ1) is 13.5. The van der Waals surface area contributed by atoms with E-state index in [-0.39, 0.29) is 25.5 Å². The van der Waals surface area contributed by atoms with Gasteiger partial charge in [0.05, 0.1) is 25.1 Å². The number of hydrogen-bond donors (Lipinski definition) is 0. The molecule has 1 aromatic rings. The summed E-state index contributed by atoms with van der Waals surface area (Å²) in [5.41, 5.74) is -0.810. The Labute approximate surface area is 170 Å². The third-order valence-corrected chi connectivity index (χ3v) is 4.84. The average Bonchev–Trinajstić information content (AvgIpc) is 2.87. The van der Waals surface area contributed by atoms with Crippen LogP contribution in [0.5, 0.6) is 0 Å². The third-order valence-electron chi connectivity index (χ3n) is 4.84. The molecule has 2 fully saturated rings. The van der Waals surface area contributed by atoms with Crippen LogP contribution in [0.15, 0.2) is 30.3 Å². The van der Waals surface area contributed by atoms with Crippen LogP contribution >= 0.6 is 0 Å². The summed E-state index contributed by atoms with van der Waals surface area (Å²) in [6.07, 6.45) is -1.77. The second-order valence-electron chi connectivity index (χ2n) is 8.77. The second-order valence-corrected chi connectivity index (χ2v) is 8.77. The van der Waals surface area contributed by atoms with E-state index in [2.05, 4.69) is 0 Å². The van der Waals surface area contributed by atoms with Crippen LogP contribution in [-0.2, 0) is 25.6 Å². The van der Waals surface area contributed by atoms with Crippen LogP contribution in [0, 0.1) is 0 Å². The van der Waals surface area contributed by atoms with Gasteiger partial charge in [0.25, 0.3) is 0 Å². The van der Waals surface area contributed by atoms with Crippen molar-refractivity contribution in [1.29, 1.82) is 0 Å². The van der Waals surface area contributed by atoms with Crippen molar-refractivity contribution in [3.8, 4) is 0 Å². The van der Waals surface area contributed by atoms with Gasteiger partial charge in [0.15, 0.2) is 0 Å². The summed E-state index contributed by atoms with van der Waals surface area (Å²) in [6.45, 7) is 8.91. The van der Waals surface area contributed by atoms with Crippen molar-refractivity contribution in [2.75, 3.05) is 6.54 Å². The Morgan fingerprint density at radius 1 is 1.17 bits per heavy atom. The van der Waals surface area contributed by atoms with Gasteiger partial charge in [0, 0.05) is 0 Å². The first-order valence-electron chi connectivity index (χ1n) is 9.69. The molecule has 2 aliphatic heterocycles. The number of carbonyl (C=O) groups excluding carboxylic acids is 3. The van der Waals surface area contributed by atoms with Gasteiger partial charge in [0.2, 0.25) is 5.91 Å². The van der Waals surface area contributed by atoms with Crippen LogP contribution in [0.2, 0.25) is 0 Å². The molecule has 0 unspecified atom stereocenters. The highest BCUT2D eigenvalue weighted by atomic mass is 16.6. The van der Waals surface area contributed by atoms with Crippen LogP contribution in [-0.4, -0.2) is 57.9 Å². The molecular weight excluding hydrogens is 376 g/mol. The number of rotatable bonds is 2. The summed E-state index contributed by atoms with van der Waals surface area (Å²) in [7, 11) is 0. The zero-order chi connectivity index (χ0) is 21.4. The lowest BCUT2D eigenvalue weighted by Gasteiger charge is -2.37. The smallest absolute Gasteiger partial charge is 0.416 e. The van der Waals surface area contributed by atoms with Crippen molar-refractivity contribution in [1.82, 2.24) is 9.80 Å². The topological polar surface area (TPSA) is 85.4 Å². The molecule has 2 aliphatic rings. The molecule has 2 heterocycles. The van der Waals surface area contributed by atoms with Gasteiger partial charge in [0.1, 0.15) is 17.9 Å². The van der Waals surface area contributed by atoms with E-state index >= 15 is 0 Å². The molecule has 2 atom stereocenters. The number of fused-ring (bicyclic) bond motifs is 1. The number of ether oxygens (including phenoxy) is 3. The highest BCUT2D eigenvalue weighted by Gasteiger charge is 2.55. The molecule has 0 bridgehead atoms. The van der Waals surface area contributed by atoms with E-state index in [9.17, 15) is 14.4 Å². The molecule has 2 saturated heterocycles. The SMILES string of the molecule is CC(C)(C)OC(=O)N1[C@@H]2CN(C(=O)OCc3ccccc3)C(=O)C[C@@H]2OC1(C)C. The molecular formula is C21H28N2O6. The number of hydrogen-bond acceptors (Lipinski definition) is 6. The zero-order valence-electron chi connectivity index (χ0n) is 17.5. The van der Waals surface area contributed by atoms with Gasteiger partial charge in [-0.15, -0.1) is 0 Å². The van der Waals surface area contributed by atoms with E-state index < -0.39 is 35.7 Å². The fourth-order valence-corrected chi connectivity index (χ4v) is 3.66. The lowest BCUT2D eigenvalue weighted by molar-refractivity contribution is -0.137. The first-order valence-corrected chi connectivity index (χ1v) is 9.69. The molecule has 0 aliphatic carbocycles. The highest BCUT2D eigenvalue weighted by Crippen LogP contribution is 2.38. The van der Waals surface area contributed by atoms with E-state index in [1.807, 2.05) is 30.3 Å². The Bertz CT molecular complexity index is 786. The number of benzene rings is 1. The third kappa shape index (κ3) is 4.70. The zero-order valence-corrected chi connectivity index (χ0v) is 17.5. The van der Waals surface area contributed by atoms with Gasteiger partial charge < -0.3 is 14.2 Å². The molecule has 0 spiro atoms. The van der Waals surface area contributed by atoms with Gasteiger partial charge in [-0.25, -0.2) is 14.5 Å². The average molecular weight is 404 g/mol. The molecule has 29 heavy (non-hydrogen) atoms. The minimum Gasteiger partial charge on any atom is -0.444 e. The Hall–Kier alpha value is -2.61. The summed E-state index contributed by atoms with van der Waals surface area (Å²) < 4.78 is 16.8. The number of carbonyl (C=O) groups is 3. The summed E-state index contributed by atoms with van der Waals surface area (Å²) in [5.74, 6) is -0.383. The summed E-state index contributed by atoms with van der Waals surface area (Å²) in [5, 5.41) is 0. The van der Waals surface area contributed by atoms with Crippen molar-refractivity contribution >= 4 is 18.1 Å². The number of piperidine rings is 1. The molecule has 158 valence electrons. The maximum absolute atomic E-state index is 12.8. The second kappa shape index (κ2) is 7.67. The molecule has 0 radical (unpaired) electrons. The highest BCUT2D eigenvalue weighted by molar-refractivity contribution is 5.93. The van der Waals surface area contributed by atoms with Gasteiger partial charge in [-0.2, -0.15) is 0 Å². The lowest BCUT2D eigenvalue weighted by atomic mass is 10.0. The maximum atomic E-state index is 12.8. The summed E-state index contributed by atoms with van der Waals surface area (Å²) >= 11 is 0. The van der Waals surface area contributed by atoms with Gasteiger partial charge >= 0.3 is 12.2 Å². The summed E-state index contributed by atoms with van der Waals surface area (Å²) in [6, 6.07) is 8.72. The maximum Gasteiger partial charge on any atom is 0.416 e. The van der Waals surface area contributed by atoms with Gasteiger partial charge in [-0.3, -0.25) is 9.69 Å². The number of amides is 3. The minimum atomic E-state index is -0.956. The molecule has 8 nitrogen and oxygen atoms in total. The Morgan fingerprint density at radius 2 is 1.83 bits per heavy atom. The molecule has 0 aromatic heterocycles. The molecule has 1 aromatic carbocycles. The monoisotopic (exact) mass is 404 g/mol. The standard InChI is InChI=1S/C21H28N2O6/c1-20(2,3)29-19(26)23-15-12-22(17(24)11-16(15)28-21(23,4)5)18(25)27-13-14-9-7-6-8-10-14/h6-10,15-16H,11-13H2,1-5H3/t15-,16+/m1/s1. The van der Waals surface area contributed by atoms with E-state index in [0.717, 1.165) is 10.5 Å². The minimum absolute atomic E-state index is 0.000203. The Kier molecular flexibility index (Phi) is 5.58. The molecule has 3 rings (SSSR count). The Balaban J connectivity index is 1.72. The lowest BCUT2D eigenvalue weighted by Crippen LogP contribution is -2.58. The van der Waals surface area contributed by atoms with E-state index in [1.54, 1.807) is 34.6 Å². The van der Waals surface area contributed by atoms with E-state index in [1.165, 1.54) is 4.90 Å². The number of imide groups is 1. The number of likely N-dealkylation sites (tertiary alicyclic amines) is 1. The fraction of sp³-hybridized carbons (Fsp3) is 0.571. The van der Waals surface area contributed by atoms with Gasteiger partial charge in [-0.1, -0.05) is 30.3 Å². The van der Waals surface area contributed by atoms with E-state index in [4.69, 9.17) is 14.2 Å². The fourth-order valence-electron chi connectivity index (χ4n) is 3.66. The quantitative estimate of drug-likeness (QED) is 0.752. The molecule has 8 heteroatoms. The largest absolute Gasteiger partial charge is 0.444 e. The van der Waals surface area contributed by atoms with Crippen molar-refractivity contribution in [3.63, 3.8) is 0 Å². The van der Waals surface area contributed by atoms with Crippen molar-refractivity contribution in [3.05, 3.63) is 35.9 Å². The Morgan fingerprint density at radius 3 is 2.45 bits per heavy atom. The van der Waals surface area contributed by atoms with Crippen molar-refractivity contribution in [2.24, 2.45) is 0 Å². The van der Waals surface area contributed by atoms with Crippen LogP contribution in [0.3, 0.4) is 0 Å². The molecule has 0 saturated carbocycles. The number of nitrogens with zero attached hydrogens (tertiary/aromatic N) is 2. The summed E-state index contributed by atoms with van der Waals surface area (Å²) in [4.78, 5) is 40.4. The van der Waals surface area contributed by atoms with Crippen LogP contribution in [0.25, 0.3) is 0 Å². The predicted molar refractivity (Wildman–Crippen MR) is 104 cm³/mol. The van der Waals surface area contributed by atoms with E-state index in [0.29, 0.717) is 0 Å². The first kappa shape index (κ1) is 21.1. The van der Waals surface area contributed by atoms with Gasteiger partial charge in [-0.05, 0) is 40.2 Å². The predicted octanol–water partition coefficient (Wildman–Crippen LogP) is 3.30. The van der Waals surface area contributed by atoms with Crippen LogP contribution in [0.4, 0.5) is 9.59 Å². The normalized spacial score (nSPS) is 23.6. The molecule has 0 N–H and O–H groups in total.